The Morgan fingerprint density at radius 3 is 2.33 bits per heavy atom. The molecule has 0 atom stereocenters. The van der Waals surface area contributed by atoms with Gasteiger partial charge in [0.15, 0.2) is 0 Å². The number of amides is 1. The molecule has 6 heteroatoms. The number of rotatable bonds is 4. The lowest BCUT2D eigenvalue weighted by molar-refractivity contribution is -0.121. The average Bonchev–Trinajstić information content (AvgIpc) is 1.80. The van der Waals surface area contributed by atoms with E-state index in [1.54, 1.807) is 13.8 Å². The largest absolute Gasteiger partial charge is 0.354 e. The van der Waals surface area contributed by atoms with Gasteiger partial charge in [-0.05, 0) is 13.8 Å². The van der Waals surface area contributed by atoms with Crippen LogP contribution in [0.5, 0.6) is 0 Å². The van der Waals surface area contributed by atoms with Crippen molar-refractivity contribution in [2.45, 2.75) is 26.3 Å². The van der Waals surface area contributed by atoms with Crippen molar-refractivity contribution in [3.05, 3.63) is 0 Å². The minimum absolute atomic E-state index is 0.0236. The zero-order valence-corrected chi connectivity index (χ0v) is 8.57. The van der Waals surface area contributed by atoms with E-state index in [1.807, 2.05) is 0 Å². The number of hydrogen-bond donors (Lipinski definition) is 1. The van der Waals surface area contributed by atoms with Gasteiger partial charge in [-0.1, -0.05) is 0 Å². The lowest BCUT2D eigenvalue weighted by Gasteiger charge is -2.06. The highest BCUT2D eigenvalue weighted by Crippen LogP contribution is 1.98. The van der Waals surface area contributed by atoms with Crippen LogP contribution in [0.4, 0.5) is 0 Å². The van der Waals surface area contributed by atoms with E-state index in [4.69, 9.17) is 10.7 Å². The van der Waals surface area contributed by atoms with Crippen molar-refractivity contribution in [2.75, 3.05) is 5.75 Å². The quantitative estimate of drug-likeness (QED) is 0.691. The number of halogens is 1. The van der Waals surface area contributed by atoms with Crippen molar-refractivity contribution < 1.29 is 13.2 Å². The van der Waals surface area contributed by atoms with Crippen LogP contribution in [0.3, 0.4) is 0 Å². The average molecular weight is 214 g/mol. The molecule has 0 spiro atoms. The van der Waals surface area contributed by atoms with Crippen LogP contribution < -0.4 is 5.32 Å². The van der Waals surface area contributed by atoms with Crippen LogP contribution in [-0.2, 0) is 13.8 Å². The van der Waals surface area contributed by atoms with Crippen molar-refractivity contribution in [1.29, 1.82) is 0 Å². The van der Waals surface area contributed by atoms with Crippen LogP contribution in [0.25, 0.3) is 0 Å². The van der Waals surface area contributed by atoms with E-state index in [-0.39, 0.29) is 24.1 Å². The van der Waals surface area contributed by atoms with E-state index in [9.17, 15) is 13.2 Å². The maximum absolute atomic E-state index is 10.9. The molecule has 1 N–H and O–H groups in total. The Morgan fingerprint density at radius 1 is 1.50 bits per heavy atom. The van der Waals surface area contributed by atoms with Crippen molar-refractivity contribution in [1.82, 2.24) is 5.32 Å². The number of hydrogen-bond acceptors (Lipinski definition) is 3. The molecule has 0 heterocycles. The van der Waals surface area contributed by atoms with E-state index >= 15 is 0 Å². The molecule has 0 aliphatic rings. The van der Waals surface area contributed by atoms with Crippen LogP contribution >= 0.6 is 10.7 Å². The molecule has 0 unspecified atom stereocenters. The van der Waals surface area contributed by atoms with Crippen LogP contribution in [0.15, 0.2) is 0 Å². The smallest absolute Gasteiger partial charge is 0.233 e. The van der Waals surface area contributed by atoms with Gasteiger partial charge in [-0.25, -0.2) is 8.42 Å². The van der Waals surface area contributed by atoms with Crippen molar-refractivity contribution in [3.8, 4) is 0 Å². The summed E-state index contributed by atoms with van der Waals surface area (Å²) >= 11 is 0. The van der Waals surface area contributed by atoms with Gasteiger partial charge >= 0.3 is 0 Å². The molecule has 0 aromatic rings. The monoisotopic (exact) mass is 213 g/mol. The first-order chi connectivity index (χ1) is 5.31. The highest BCUT2D eigenvalue weighted by Gasteiger charge is 2.09. The summed E-state index contributed by atoms with van der Waals surface area (Å²) < 4.78 is 20.8. The molecule has 0 fully saturated rings. The summed E-state index contributed by atoms with van der Waals surface area (Å²) in [6.07, 6.45) is -0.0794. The van der Waals surface area contributed by atoms with Gasteiger partial charge in [-0.2, -0.15) is 0 Å². The maximum Gasteiger partial charge on any atom is 0.233 e. The molecule has 0 saturated heterocycles. The van der Waals surface area contributed by atoms with E-state index in [0.717, 1.165) is 0 Å². The molecule has 1 amide bonds. The van der Waals surface area contributed by atoms with Crippen LogP contribution in [0.2, 0.25) is 0 Å². The Hall–Kier alpha value is -0.290. The first kappa shape index (κ1) is 11.7. The predicted octanol–water partition coefficient (Wildman–Crippen LogP) is 0.470. The molecule has 0 radical (unpaired) electrons. The van der Waals surface area contributed by atoms with Gasteiger partial charge in [0.2, 0.25) is 15.0 Å². The standard InChI is InChI=1S/C6H12ClNO3S/c1-5(2)8-6(9)3-4-12(7,10)11/h5H,3-4H2,1-2H3,(H,8,9). The molecule has 0 bridgehead atoms. The number of carbonyl (C=O) groups is 1. The Kier molecular flexibility index (Phi) is 4.55. The molecule has 0 rings (SSSR count). The third-order valence-corrected chi connectivity index (χ3v) is 2.18. The third-order valence-electron chi connectivity index (χ3n) is 1.02. The predicted molar refractivity (Wildman–Crippen MR) is 47.5 cm³/mol. The van der Waals surface area contributed by atoms with Gasteiger partial charge in [-0.3, -0.25) is 4.79 Å². The lowest BCUT2D eigenvalue weighted by Crippen LogP contribution is -2.30. The zero-order valence-electron chi connectivity index (χ0n) is 7.00. The van der Waals surface area contributed by atoms with Crippen molar-refractivity contribution in [2.24, 2.45) is 0 Å². The number of carbonyl (C=O) groups excluding carboxylic acids is 1. The fraction of sp³-hybridized carbons (Fsp3) is 0.833. The highest BCUT2D eigenvalue weighted by molar-refractivity contribution is 8.13. The van der Waals surface area contributed by atoms with E-state index in [0.29, 0.717) is 0 Å². The minimum atomic E-state index is -3.54. The molecule has 4 nitrogen and oxygen atoms in total. The summed E-state index contributed by atoms with van der Waals surface area (Å²) in [6.45, 7) is 3.60. The summed E-state index contributed by atoms with van der Waals surface area (Å²) in [4.78, 5) is 10.9. The Bertz CT molecular complexity index is 248. The zero-order chi connectivity index (χ0) is 9.78. The SMILES string of the molecule is CC(C)NC(=O)CCS(=O)(=O)Cl. The lowest BCUT2D eigenvalue weighted by atomic mass is 10.3. The van der Waals surface area contributed by atoms with Crippen molar-refractivity contribution in [3.63, 3.8) is 0 Å². The topological polar surface area (TPSA) is 63.2 Å². The maximum atomic E-state index is 10.9. The fourth-order valence-corrected chi connectivity index (χ4v) is 1.27. The molecule has 0 aliphatic heterocycles. The van der Waals surface area contributed by atoms with Gasteiger partial charge < -0.3 is 5.32 Å². The third kappa shape index (κ3) is 7.81. The molecule has 0 aliphatic carbocycles. The normalized spacial score (nSPS) is 11.7. The molecular formula is C6H12ClNO3S. The van der Waals surface area contributed by atoms with E-state index in [1.165, 1.54) is 0 Å². The van der Waals surface area contributed by atoms with Gasteiger partial charge in [0.05, 0.1) is 5.75 Å². The summed E-state index contributed by atoms with van der Waals surface area (Å²) in [7, 11) is 1.36. The minimum Gasteiger partial charge on any atom is -0.354 e. The second-order valence-electron chi connectivity index (χ2n) is 2.72. The molecule has 0 saturated carbocycles. The van der Waals surface area contributed by atoms with Gasteiger partial charge in [-0.15, -0.1) is 0 Å². The molecule has 0 aromatic heterocycles. The van der Waals surface area contributed by atoms with Gasteiger partial charge in [0, 0.05) is 23.1 Å². The summed E-state index contributed by atoms with van der Waals surface area (Å²) in [5, 5.41) is 2.55. The Balaban J connectivity index is 3.73. The van der Waals surface area contributed by atoms with Gasteiger partial charge in [0.25, 0.3) is 0 Å². The van der Waals surface area contributed by atoms with Crippen LogP contribution in [-0.4, -0.2) is 26.1 Å². The first-order valence-electron chi connectivity index (χ1n) is 3.53. The second kappa shape index (κ2) is 4.67. The van der Waals surface area contributed by atoms with Crippen LogP contribution in [0.1, 0.15) is 20.3 Å². The molecule has 12 heavy (non-hydrogen) atoms. The summed E-state index contributed by atoms with van der Waals surface area (Å²) in [6, 6.07) is 0.0236. The van der Waals surface area contributed by atoms with E-state index < -0.39 is 9.05 Å². The second-order valence-corrected chi connectivity index (χ2v) is 5.61. The number of nitrogens with one attached hydrogen (secondary N) is 1. The van der Waals surface area contributed by atoms with Crippen LogP contribution in [0, 0.1) is 0 Å². The highest BCUT2D eigenvalue weighted by atomic mass is 35.7. The Labute approximate surface area is 76.7 Å². The molecule has 72 valence electrons. The molecule has 0 aromatic carbocycles. The van der Waals surface area contributed by atoms with Crippen molar-refractivity contribution >= 4 is 25.6 Å². The first-order valence-corrected chi connectivity index (χ1v) is 6.01. The fourth-order valence-electron chi connectivity index (χ4n) is 0.609. The van der Waals surface area contributed by atoms with E-state index in [2.05, 4.69) is 5.32 Å². The molecular weight excluding hydrogens is 202 g/mol. The Morgan fingerprint density at radius 2 is 2.00 bits per heavy atom. The van der Waals surface area contributed by atoms with Gasteiger partial charge in [0.1, 0.15) is 0 Å². The summed E-state index contributed by atoms with van der Waals surface area (Å²) in [5.41, 5.74) is 0. The summed E-state index contributed by atoms with van der Waals surface area (Å²) in [5.74, 6) is -0.609.